The number of carbonyl (C=O) groups excluding carboxylic acids is 1. The predicted molar refractivity (Wildman–Crippen MR) is 121 cm³/mol. The van der Waals surface area contributed by atoms with Crippen LogP contribution in [-0.4, -0.2) is 103 Å². The number of rotatable bonds is 6. The van der Waals surface area contributed by atoms with Gasteiger partial charge in [-0.1, -0.05) is 12.1 Å². The summed E-state index contributed by atoms with van der Waals surface area (Å²) in [7, 11) is 2.09. The highest BCUT2D eigenvalue weighted by atomic mass is 16.5. The molecule has 8 nitrogen and oxygen atoms in total. The van der Waals surface area contributed by atoms with E-state index >= 15 is 0 Å². The molecular weight excluding hydrogens is 392 g/mol. The molecule has 1 aromatic heterocycles. The normalized spacial score (nSPS) is 18.2. The van der Waals surface area contributed by atoms with E-state index in [4.69, 9.17) is 9.72 Å². The minimum absolute atomic E-state index is 0.0929. The molecule has 0 bridgehead atoms. The van der Waals surface area contributed by atoms with Crippen molar-refractivity contribution in [2.75, 3.05) is 77.9 Å². The predicted octanol–water partition coefficient (Wildman–Crippen LogP) is 1.58. The van der Waals surface area contributed by atoms with Gasteiger partial charge in [-0.15, -0.1) is 0 Å². The van der Waals surface area contributed by atoms with Crippen molar-refractivity contribution in [2.24, 2.45) is 0 Å². The van der Waals surface area contributed by atoms with Crippen molar-refractivity contribution >= 4 is 11.7 Å². The summed E-state index contributed by atoms with van der Waals surface area (Å²) >= 11 is 0. The van der Waals surface area contributed by atoms with Gasteiger partial charge in [-0.25, -0.2) is 9.97 Å². The summed E-state index contributed by atoms with van der Waals surface area (Å²) in [6.45, 7) is 10.7. The van der Waals surface area contributed by atoms with Gasteiger partial charge in [0.05, 0.1) is 13.2 Å². The highest BCUT2D eigenvalue weighted by molar-refractivity contribution is 5.94. The standard InChI is InChI=1S/C23H32N6O2/c1-18-17-21(24-7-8-28-13-15-31-16-14-28)26-22(25-18)19-3-5-20(6-4-19)23(30)29-11-9-27(2)10-12-29/h3-6,17H,7-16H2,1-2H3,(H,24,25,26). The lowest BCUT2D eigenvalue weighted by Gasteiger charge is -2.32. The van der Waals surface area contributed by atoms with E-state index < -0.39 is 0 Å². The number of aromatic nitrogens is 2. The molecule has 0 atom stereocenters. The Labute approximate surface area is 184 Å². The summed E-state index contributed by atoms with van der Waals surface area (Å²) in [5.41, 5.74) is 2.54. The molecule has 8 heteroatoms. The van der Waals surface area contributed by atoms with Crippen molar-refractivity contribution in [3.8, 4) is 11.4 Å². The Bertz CT molecular complexity index is 874. The number of carbonyl (C=O) groups is 1. The fraction of sp³-hybridized carbons (Fsp3) is 0.522. The molecule has 2 aromatic rings. The molecule has 2 saturated heterocycles. The second kappa shape index (κ2) is 10.2. The number of aryl methyl sites for hydroxylation is 1. The third-order valence-electron chi connectivity index (χ3n) is 5.87. The average Bonchev–Trinajstić information content (AvgIpc) is 2.80. The zero-order chi connectivity index (χ0) is 21.6. The van der Waals surface area contributed by atoms with E-state index in [9.17, 15) is 4.79 Å². The van der Waals surface area contributed by atoms with Crippen LogP contribution in [0.5, 0.6) is 0 Å². The average molecular weight is 425 g/mol. The lowest BCUT2D eigenvalue weighted by Crippen LogP contribution is -2.47. The van der Waals surface area contributed by atoms with Crippen molar-refractivity contribution < 1.29 is 9.53 Å². The molecule has 4 rings (SSSR count). The molecule has 0 aliphatic carbocycles. The van der Waals surface area contributed by atoms with Crippen LogP contribution in [0.3, 0.4) is 0 Å². The Hall–Kier alpha value is -2.55. The molecule has 1 aromatic carbocycles. The molecule has 2 aliphatic rings. The Morgan fingerprint density at radius 2 is 1.74 bits per heavy atom. The number of likely N-dealkylation sites (N-methyl/N-ethyl adjacent to an activating group) is 1. The Kier molecular flexibility index (Phi) is 7.11. The van der Waals surface area contributed by atoms with Crippen LogP contribution in [0.2, 0.25) is 0 Å². The summed E-state index contributed by atoms with van der Waals surface area (Å²) in [6.07, 6.45) is 0. The first-order valence-electron chi connectivity index (χ1n) is 11.1. The number of nitrogens with one attached hydrogen (secondary N) is 1. The van der Waals surface area contributed by atoms with Crippen LogP contribution in [-0.2, 0) is 4.74 Å². The van der Waals surface area contributed by atoms with Crippen molar-refractivity contribution in [3.63, 3.8) is 0 Å². The van der Waals surface area contributed by atoms with Crippen molar-refractivity contribution in [3.05, 3.63) is 41.6 Å². The first-order chi connectivity index (χ1) is 15.1. The van der Waals surface area contributed by atoms with Crippen LogP contribution in [0, 0.1) is 6.92 Å². The summed E-state index contributed by atoms with van der Waals surface area (Å²) in [5.74, 6) is 1.59. The summed E-state index contributed by atoms with van der Waals surface area (Å²) < 4.78 is 5.40. The van der Waals surface area contributed by atoms with Gasteiger partial charge in [0.15, 0.2) is 5.82 Å². The second-order valence-electron chi connectivity index (χ2n) is 8.27. The van der Waals surface area contributed by atoms with Crippen molar-refractivity contribution in [1.29, 1.82) is 0 Å². The summed E-state index contributed by atoms with van der Waals surface area (Å²) in [5, 5.41) is 3.42. The number of morpholine rings is 1. The molecule has 166 valence electrons. The van der Waals surface area contributed by atoms with Gasteiger partial charge in [0, 0.05) is 75.2 Å². The van der Waals surface area contributed by atoms with Gasteiger partial charge in [-0.3, -0.25) is 9.69 Å². The fourth-order valence-electron chi connectivity index (χ4n) is 3.91. The minimum Gasteiger partial charge on any atom is -0.379 e. The maximum Gasteiger partial charge on any atom is 0.253 e. The largest absolute Gasteiger partial charge is 0.379 e. The fourth-order valence-corrected chi connectivity index (χ4v) is 3.91. The van der Waals surface area contributed by atoms with E-state index in [0.29, 0.717) is 11.4 Å². The highest BCUT2D eigenvalue weighted by Gasteiger charge is 2.20. The van der Waals surface area contributed by atoms with Crippen LogP contribution < -0.4 is 5.32 Å². The van der Waals surface area contributed by atoms with Crippen LogP contribution >= 0.6 is 0 Å². The van der Waals surface area contributed by atoms with Crippen molar-refractivity contribution in [2.45, 2.75) is 6.92 Å². The molecule has 0 spiro atoms. The second-order valence-corrected chi connectivity index (χ2v) is 8.27. The first-order valence-corrected chi connectivity index (χ1v) is 11.1. The van der Waals surface area contributed by atoms with E-state index in [1.807, 2.05) is 42.2 Å². The van der Waals surface area contributed by atoms with Crippen LogP contribution in [0.15, 0.2) is 30.3 Å². The molecule has 31 heavy (non-hydrogen) atoms. The number of hydrogen-bond donors (Lipinski definition) is 1. The SMILES string of the molecule is Cc1cc(NCCN2CCOCC2)nc(-c2ccc(C(=O)N3CCN(C)CC3)cc2)n1. The molecule has 0 radical (unpaired) electrons. The quantitative estimate of drug-likeness (QED) is 0.755. The number of nitrogens with zero attached hydrogens (tertiary/aromatic N) is 5. The zero-order valence-electron chi connectivity index (χ0n) is 18.5. The first kappa shape index (κ1) is 21.7. The number of anilines is 1. The molecule has 1 N–H and O–H groups in total. The highest BCUT2D eigenvalue weighted by Crippen LogP contribution is 2.19. The molecular formula is C23H32N6O2. The molecule has 2 aliphatic heterocycles. The van der Waals surface area contributed by atoms with Gasteiger partial charge in [-0.2, -0.15) is 0 Å². The van der Waals surface area contributed by atoms with Crippen LogP contribution in [0.1, 0.15) is 16.1 Å². The third kappa shape index (κ3) is 5.78. The maximum absolute atomic E-state index is 12.8. The smallest absolute Gasteiger partial charge is 0.253 e. The summed E-state index contributed by atoms with van der Waals surface area (Å²) in [6, 6.07) is 9.61. The Morgan fingerprint density at radius 1 is 1.03 bits per heavy atom. The molecule has 3 heterocycles. The van der Waals surface area contributed by atoms with E-state index in [0.717, 1.165) is 82.6 Å². The van der Waals surface area contributed by atoms with E-state index in [1.165, 1.54) is 0 Å². The van der Waals surface area contributed by atoms with Gasteiger partial charge in [-0.05, 0) is 26.1 Å². The zero-order valence-corrected chi connectivity index (χ0v) is 18.5. The Morgan fingerprint density at radius 3 is 2.45 bits per heavy atom. The van der Waals surface area contributed by atoms with Crippen LogP contribution in [0.25, 0.3) is 11.4 Å². The van der Waals surface area contributed by atoms with E-state index in [-0.39, 0.29) is 5.91 Å². The lowest BCUT2D eigenvalue weighted by molar-refractivity contribution is 0.0398. The van der Waals surface area contributed by atoms with Gasteiger partial charge in [0.1, 0.15) is 5.82 Å². The lowest BCUT2D eigenvalue weighted by atomic mass is 10.1. The number of benzene rings is 1. The van der Waals surface area contributed by atoms with E-state index in [2.05, 4.69) is 27.1 Å². The molecule has 2 fully saturated rings. The monoisotopic (exact) mass is 424 g/mol. The molecule has 0 unspecified atom stereocenters. The van der Waals surface area contributed by atoms with Gasteiger partial charge in [0.25, 0.3) is 5.91 Å². The topological polar surface area (TPSA) is 73.8 Å². The number of piperazine rings is 1. The number of amides is 1. The van der Waals surface area contributed by atoms with Crippen LogP contribution in [0.4, 0.5) is 5.82 Å². The van der Waals surface area contributed by atoms with Gasteiger partial charge >= 0.3 is 0 Å². The van der Waals surface area contributed by atoms with E-state index in [1.54, 1.807) is 0 Å². The number of hydrogen-bond acceptors (Lipinski definition) is 7. The Balaban J connectivity index is 1.38. The molecule has 0 saturated carbocycles. The third-order valence-corrected chi connectivity index (χ3v) is 5.87. The van der Waals surface area contributed by atoms with Gasteiger partial charge < -0.3 is 19.9 Å². The number of ether oxygens (including phenoxy) is 1. The molecule has 1 amide bonds. The van der Waals surface area contributed by atoms with Crippen molar-refractivity contribution in [1.82, 2.24) is 24.7 Å². The minimum atomic E-state index is 0.0929. The maximum atomic E-state index is 12.8. The van der Waals surface area contributed by atoms with Gasteiger partial charge in [0.2, 0.25) is 0 Å². The summed E-state index contributed by atoms with van der Waals surface area (Å²) in [4.78, 5) is 28.6.